The lowest BCUT2D eigenvalue weighted by atomic mass is 10.2. The minimum absolute atomic E-state index is 0.0443. The molecule has 8 heteroatoms. The number of nitrogens with one attached hydrogen (secondary N) is 1. The molecule has 1 aliphatic heterocycles. The van der Waals surface area contributed by atoms with E-state index in [0.717, 1.165) is 5.69 Å². The molecule has 122 valence electrons. The maximum atomic E-state index is 11.5. The number of ether oxygens (including phenoxy) is 1. The Bertz CT molecular complexity index is 567. The lowest BCUT2D eigenvalue weighted by Gasteiger charge is -2.32. The minimum Gasteiger partial charge on any atom is -0.369 e. The Hall–Kier alpha value is -1.54. The number of hydrogen-bond donors (Lipinski definition) is 1. The Morgan fingerprint density at radius 2 is 2.32 bits per heavy atom. The zero-order valence-electron chi connectivity index (χ0n) is 13.2. The molecule has 1 aliphatic rings. The molecule has 1 fully saturated rings. The van der Waals surface area contributed by atoms with E-state index in [-0.39, 0.29) is 12.0 Å². The molecule has 0 bridgehead atoms. The molecule has 2 atom stereocenters. The monoisotopic (exact) mass is 326 g/mol. The predicted molar refractivity (Wildman–Crippen MR) is 85.1 cm³/mol. The van der Waals surface area contributed by atoms with Gasteiger partial charge in [0.05, 0.1) is 18.8 Å². The molecule has 0 saturated carbocycles. The van der Waals surface area contributed by atoms with Gasteiger partial charge in [-0.25, -0.2) is 9.97 Å². The third kappa shape index (κ3) is 4.74. The van der Waals surface area contributed by atoms with Gasteiger partial charge in [-0.15, -0.1) is 0 Å². The number of aryl methyl sites for hydroxylation is 1. The molecule has 7 nitrogen and oxygen atoms in total. The first-order chi connectivity index (χ1) is 10.5. The van der Waals surface area contributed by atoms with E-state index in [1.165, 1.54) is 0 Å². The maximum Gasteiger partial charge on any atom is 0.219 e. The van der Waals surface area contributed by atoms with E-state index in [1.807, 2.05) is 13.0 Å². The number of carbonyl (C=O) groups excluding carboxylic acids is 1. The smallest absolute Gasteiger partial charge is 0.219 e. The van der Waals surface area contributed by atoms with Crippen molar-refractivity contribution in [3.05, 3.63) is 17.6 Å². The Morgan fingerprint density at radius 1 is 1.55 bits per heavy atom. The summed E-state index contributed by atoms with van der Waals surface area (Å²) in [5.74, 6) is 1.94. The van der Waals surface area contributed by atoms with E-state index in [9.17, 15) is 9.00 Å². The van der Waals surface area contributed by atoms with Crippen LogP contribution < -0.4 is 5.32 Å². The molecule has 0 spiro atoms. The fraction of sp³-hybridized carbons (Fsp3) is 0.643. The van der Waals surface area contributed by atoms with Gasteiger partial charge >= 0.3 is 0 Å². The Morgan fingerprint density at radius 3 is 3.00 bits per heavy atom. The Kier molecular flexibility index (Phi) is 5.84. The molecule has 0 radical (unpaired) electrons. The first-order valence-corrected chi connectivity index (χ1v) is 8.95. The number of nitrogens with zero attached hydrogens (tertiary/aromatic N) is 3. The van der Waals surface area contributed by atoms with Gasteiger partial charge in [-0.2, -0.15) is 0 Å². The summed E-state index contributed by atoms with van der Waals surface area (Å²) in [7, 11) is -0.839. The van der Waals surface area contributed by atoms with Crippen molar-refractivity contribution < 1.29 is 13.7 Å². The van der Waals surface area contributed by atoms with Crippen molar-refractivity contribution in [1.82, 2.24) is 14.9 Å². The number of amides is 1. The molecule has 1 aromatic heterocycles. The van der Waals surface area contributed by atoms with Crippen LogP contribution in [0.1, 0.15) is 24.5 Å². The minimum atomic E-state index is -0.839. The van der Waals surface area contributed by atoms with Gasteiger partial charge in [0.1, 0.15) is 17.7 Å². The summed E-state index contributed by atoms with van der Waals surface area (Å²) in [6.07, 6.45) is 1.44. The Labute approximate surface area is 132 Å². The Balaban J connectivity index is 2.08. The first-order valence-electron chi connectivity index (χ1n) is 7.22. The van der Waals surface area contributed by atoms with Gasteiger partial charge in [-0.05, 0) is 6.92 Å². The van der Waals surface area contributed by atoms with Crippen LogP contribution in [0.3, 0.4) is 0 Å². The zero-order chi connectivity index (χ0) is 16.1. The highest BCUT2D eigenvalue weighted by Crippen LogP contribution is 2.22. The highest BCUT2D eigenvalue weighted by atomic mass is 32.2. The molecular weight excluding hydrogens is 304 g/mol. The normalized spacial score (nSPS) is 19.8. The van der Waals surface area contributed by atoms with Crippen molar-refractivity contribution in [2.75, 3.05) is 43.6 Å². The fourth-order valence-electron chi connectivity index (χ4n) is 2.28. The summed E-state index contributed by atoms with van der Waals surface area (Å²) in [6, 6.07) is 1.83. The third-order valence-corrected chi connectivity index (χ3v) is 4.17. The second-order valence-electron chi connectivity index (χ2n) is 5.25. The van der Waals surface area contributed by atoms with Gasteiger partial charge in [0.15, 0.2) is 0 Å². The standard InChI is InChI=1S/C14H22N4O3S/c1-10-16-12(8-14(17-10)15-4-7-22(3)20)13-9-18(11(2)19)5-6-21-13/h8,13H,4-7,9H2,1-3H3,(H,15,16,17)/t13-,22+/m1/s1. The van der Waals surface area contributed by atoms with Crippen molar-refractivity contribution >= 4 is 22.5 Å². The van der Waals surface area contributed by atoms with Crippen LogP contribution in [0, 0.1) is 6.92 Å². The van der Waals surface area contributed by atoms with E-state index in [1.54, 1.807) is 18.1 Å². The highest BCUT2D eigenvalue weighted by Gasteiger charge is 2.25. The number of carbonyl (C=O) groups is 1. The predicted octanol–water partition coefficient (Wildman–Crippen LogP) is 0.495. The molecule has 22 heavy (non-hydrogen) atoms. The summed E-state index contributed by atoms with van der Waals surface area (Å²) in [4.78, 5) is 22.0. The van der Waals surface area contributed by atoms with Crippen LogP contribution in [-0.2, 0) is 20.3 Å². The van der Waals surface area contributed by atoms with E-state index in [0.29, 0.717) is 43.6 Å². The molecule has 1 saturated heterocycles. The van der Waals surface area contributed by atoms with Gasteiger partial charge < -0.3 is 15.0 Å². The van der Waals surface area contributed by atoms with Crippen LogP contribution >= 0.6 is 0 Å². The number of hydrogen-bond acceptors (Lipinski definition) is 6. The summed E-state index contributed by atoms with van der Waals surface area (Å²) in [5.41, 5.74) is 0.763. The van der Waals surface area contributed by atoms with E-state index in [4.69, 9.17) is 4.74 Å². The lowest BCUT2D eigenvalue weighted by Crippen LogP contribution is -2.41. The van der Waals surface area contributed by atoms with Crippen molar-refractivity contribution in [2.24, 2.45) is 0 Å². The van der Waals surface area contributed by atoms with Gasteiger partial charge in [0.2, 0.25) is 5.91 Å². The van der Waals surface area contributed by atoms with Crippen LogP contribution in [0.25, 0.3) is 0 Å². The highest BCUT2D eigenvalue weighted by molar-refractivity contribution is 7.84. The summed E-state index contributed by atoms with van der Waals surface area (Å²) >= 11 is 0. The van der Waals surface area contributed by atoms with Gasteiger partial charge in [0.25, 0.3) is 0 Å². The van der Waals surface area contributed by atoms with Gasteiger partial charge in [-0.3, -0.25) is 9.00 Å². The number of morpholine rings is 1. The van der Waals surface area contributed by atoms with Crippen LogP contribution in [0.2, 0.25) is 0 Å². The summed E-state index contributed by atoms with van der Waals surface area (Å²) in [6.45, 7) is 5.59. The molecule has 1 amide bonds. The number of anilines is 1. The third-order valence-electron chi connectivity index (χ3n) is 3.40. The topological polar surface area (TPSA) is 84.4 Å². The van der Waals surface area contributed by atoms with Crippen LogP contribution in [0.5, 0.6) is 0 Å². The lowest BCUT2D eigenvalue weighted by molar-refractivity contribution is -0.136. The summed E-state index contributed by atoms with van der Waals surface area (Å²) < 4.78 is 16.8. The molecule has 0 aromatic carbocycles. The molecule has 2 rings (SSSR count). The molecular formula is C14H22N4O3S. The average Bonchev–Trinajstić information content (AvgIpc) is 2.46. The van der Waals surface area contributed by atoms with Crippen LogP contribution in [0.4, 0.5) is 5.82 Å². The molecule has 2 heterocycles. The second kappa shape index (κ2) is 7.64. The molecule has 1 N–H and O–H groups in total. The largest absolute Gasteiger partial charge is 0.369 e. The first kappa shape index (κ1) is 16.8. The average molecular weight is 326 g/mol. The molecule has 1 aromatic rings. The van der Waals surface area contributed by atoms with Gasteiger partial charge in [-0.1, -0.05) is 0 Å². The molecule has 0 unspecified atom stereocenters. The summed E-state index contributed by atoms with van der Waals surface area (Å²) in [5, 5.41) is 3.15. The van der Waals surface area contributed by atoms with Crippen molar-refractivity contribution in [2.45, 2.75) is 20.0 Å². The number of aromatic nitrogens is 2. The maximum absolute atomic E-state index is 11.5. The van der Waals surface area contributed by atoms with Crippen LogP contribution in [-0.4, -0.2) is 63.2 Å². The number of rotatable bonds is 5. The van der Waals surface area contributed by atoms with E-state index >= 15 is 0 Å². The van der Waals surface area contributed by atoms with Crippen molar-refractivity contribution in [1.29, 1.82) is 0 Å². The second-order valence-corrected chi connectivity index (χ2v) is 6.81. The van der Waals surface area contributed by atoms with Crippen molar-refractivity contribution in [3.8, 4) is 0 Å². The van der Waals surface area contributed by atoms with E-state index < -0.39 is 10.8 Å². The van der Waals surface area contributed by atoms with Crippen LogP contribution in [0.15, 0.2) is 6.07 Å². The fourth-order valence-corrected chi connectivity index (χ4v) is 2.67. The SMILES string of the molecule is CC(=O)N1CCO[C@@H](c2cc(NCC[S@](C)=O)nc(C)n2)C1. The van der Waals surface area contributed by atoms with Gasteiger partial charge in [0, 0.05) is 48.9 Å². The molecule has 0 aliphatic carbocycles. The van der Waals surface area contributed by atoms with Crippen molar-refractivity contribution in [3.63, 3.8) is 0 Å². The van der Waals surface area contributed by atoms with E-state index in [2.05, 4.69) is 15.3 Å². The zero-order valence-corrected chi connectivity index (χ0v) is 14.0. The quantitative estimate of drug-likeness (QED) is 0.848.